The molecule has 1 heterocycles. The van der Waals surface area contributed by atoms with Crippen LogP contribution in [0, 0.1) is 10.1 Å². The van der Waals surface area contributed by atoms with Gasteiger partial charge in [0.05, 0.1) is 30.8 Å². The molecule has 0 atom stereocenters. The van der Waals surface area contributed by atoms with Gasteiger partial charge in [-0.25, -0.2) is 0 Å². The third-order valence-electron chi connectivity index (χ3n) is 4.19. The van der Waals surface area contributed by atoms with Crippen molar-refractivity contribution in [3.8, 4) is 5.75 Å². The number of benzene rings is 1. The number of carbonyl (C=O) groups is 1. The highest BCUT2D eigenvalue weighted by molar-refractivity contribution is 5.97. The number of rotatable bonds is 6. The van der Waals surface area contributed by atoms with E-state index < -0.39 is 10.8 Å². The van der Waals surface area contributed by atoms with E-state index in [1.165, 1.54) is 25.3 Å². The fraction of sp³-hybridized carbons (Fsp3) is 0.562. The summed E-state index contributed by atoms with van der Waals surface area (Å²) in [7, 11) is 1.43. The van der Waals surface area contributed by atoms with Crippen LogP contribution in [0.25, 0.3) is 0 Å². The van der Waals surface area contributed by atoms with Crippen molar-refractivity contribution in [2.24, 2.45) is 0 Å². The van der Waals surface area contributed by atoms with Crippen molar-refractivity contribution in [1.82, 2.24) is 10.2 Å². The lowest BCUT2D eigenvalue weighted by Gasteiger charge is -2.40. The van der Waals surface area contributed by atoms with Crippen LogP contribution >= 0.6 is 0 Å². The van der Waals surface area contributed by atoms with E-state index in [0.29, 0.717) is 25.5 Å². The Morgan fingerprint density at radius 3 is 2.67 bits per heavy atom. The molecular weight excluding hydrogens is 314 g/mol. The van der Waals surface area contributed by atoms with Crippen LogP contribution in [-0.2, 0) is 4.74 Å². The number of carbonyl (C=O) groups excluding carboxylic acids is 1. The van der Waals surface area contributed by atoms with Crippen molar-refractivity contribution >= 4 is 11.6 Å². The number of ether oxygens (including phenoxy) is 2. The van der Waals surface area contributed by atoms with Crippen molar-refractivity contribution in [2.45, 2.75) is 19.4 Å². The number of methoxy groups -OCH3 is 1. The summed E-state index contributed by atoms with van der Waals surface area (Å²) in [6, 6.07) is 3.98. The number of hydrogen-bond donors (Lipinski definition) is 1. The standard InChI is InChI=1S/C16H23N3O5/c1-16(2,18-6-8-24-9-7-18)11-17-15(20)13-10-12(19(21)22)4-5-14(13)23-3/h4-5,10H,6-9,11H2,1-3H3,(H,17,20). The Hall–Kier alpha value is -2.19. The van der Waals surface area contributed by atoms with Crippen molar-refractivity contribution in [3.05, 3.63) is 33.9 Å². The Labute approximate surface area is 140 Å². The van der Waals surface area contributed by atoms with Gasteiger partial charge in [0.1, 0.15) is 5.75 Å². The quantitative estimate of drug-likeness (QED) is 0.624. The zero-order chi connectivity index (χ0) is 17.7. The van der Waals surface area contributed by atoms with E-state index in [0.717, 1.165) is 13.1 Å². The predicted octanol–water partition coefficient (Wildman–Crippen LogP) is 1.44. The number of nitro benzene ring substituents is 1. The SMILES string of the molecule is COc1ccc([N+](=O)[O-])cc1C(=O)NCC(C)(C)N1CCOCC1. The first-order valence-corrected chi connectivity index (χ1v) is 7.78. The molecule has 1 aromatic carbocycles. The zero-order valence-corrected chi connectivity index (χ0v) is 14.2. The number of hydrogen-bond acceptors (Lipinski definition) is 6. The average molecular weight is 337 g/mol. The molecule has 1 aliphatic rings. The highest BCUT2D eigenvalue weighted by Gasteiger charge is 2.29. The molecule has 8 nitrogen and oxygen atoms in total. The fourth-order valence-corrected chi connectivity index (χ4v) is 2.66. The molecule has 1 aromatic rings. The number of morpholine rings is 1. The number of nitro groups is 1. The Bertz CT molecular complexity index is 612. The molecule has 1 amide bonds. The summed E-state index contributed by atoms with van der Waals surface area (Å²) in [5, 5.41) is 13.8. The molecule has 0 unspecified atom stereocenters. The summed E-state index contributed by atoms with van der Waals surface area (Å²) >= 11 is 0. The average Bonchev–Trinajstić information content (AvgIpc) is 2.59. The van der Waals surface area contributed by atoms with E-state index in [1.54, 1.807) is 0 Å². The Kier molecular flexibility index (Phi) is 5.74. The summed E-state index contributed by atoms with van der Waals surface area (Å²) in [4.78, 5) is 25.1. The molecule has 1 saturated heterocycles. The van der Waals surface area contributed by atoms with Crippen LogP contribution in [0.3, 0.4) is 0 Å². The van der Waals surface area contributed by atoms with Crippen molar-refractivity contribution in [1.29, 1.82) is 0 Å². The lowest BCUT2D eigenvalue weighted by molar-refractivity contribution is -0.384. The highest BCUT2D eigenvalue weighted by atomic mass is 16.6. The second-order valence-corrected chi connectivity index (χ2v) is 6.24. The minimum absolute atomic E-state index is 0.145. The first-order valence-electron chi connectivity index (χ1n) is 7.78. The second-order valence-electron chi connectivity index (χ2n) is 6.24. The minimum atomic E-state index is -0.534. The van der Waals surface area contributed by atoms with Gasteiger partial charge in [0, 0.05) is 37.3 Å². The van der Waals surface area contributed by atoms with Crippen LogP contribution in [0.15, 0.2) is 18.2 Å². The zero-order valence-electron chi connectivity index (χ0n) is 14.2. The first kappa shape index (κ1) is 18.2. The van der Waals surface area contributed by atoms with E-state index in [4.69, 9.17) is 9.47 Å². The molecular formula is C16H23N3O5. The normalized spacial score (nSPS) is 15.8. The van der Waals surface area contributed by atoms with Gasteiger partial charge in [0.2, 0.25) is 0 Å². The molecule has 0 aromatic heterocycles. The molecule has 1 aliphatic heterocycles. The first-order chi connectivity index (χ1) is 11.3. The monoisotopic (exact) mass is 337 g/mol. The van der Waals surface area contributed by atoms with E-state index in [-0.39, 0.29) is 16.8 Å². The third kappa shape index (κ3) is 4.21. The van der Waals surface area contributed by atoms with Crippen LogP contribution in [0.4, 0.5) is 5.69 Å². The number of nitrogens with one attached hydrogen (secondary N) is 1. The molecule has 0 spiro atoms. The summed E-state index contributed by atoms with van der Waals surface area (Å²) in [5.74, 6) is -0.0841. The molecule has 24 heavy (non-hydrogen) atoms. The summed E-state index contributed by atoms with van der Waals surface area (Å²) in [5.41, 5.74) is -0.231. The van der Waals surface area contributed by atoms with Gasteiger partial charge in [0.25, 0.3) is 11.6 Å². The van der Waals surface area contributed by atoms with Crippen molar-refractivity contribution in [3.63, 3.8) is 0 Å². The van der Waals surface area contributed by atoms with Gasteiger partial charge in [0.15, 0.2) is 0 Å². The Morgan fingerprint density at radius 1 is 1.42 bits per heavy atom. The van der Waals surface area contributed by atoms with Crippen LogP contribution < -0.4 is 10.1 Å². The lowest BCUT2D eigenvalue weighted by Crippen LogP contribution is -2.55. The van der Waals surface area contributed by atoms with Gasteiger partial charge in [-0.15, -0.1) is 0 Å². The van der Waals surface area contributed by atoms with Crippen LogP contribution in [0.1, 0.15) is 24.2 Å². The summed E-state index contributed by atoms with van der Waals surface area (Å²) < 4.78 is 10.5. The van der Waals surface area contributed by atoms with E-state index >= 15 is 0 Å². The van der Waals surface area contributed by atoms with Gasteiger partial charge in [-0.3, -0.25) is 19.8 Å². The van der Waals surface area contributed by atoms with Crippen LogP contribution in [-0.4, -0.2) is 61.2 Å². The van der Waals surface area contributed by atoms with Crippen molar-refractivity contribution in [2.75, 3.05) is 40.0 Å². The maximum atomic E-state index is 12.5. The van der Waals surface area contributed by atoms with Crippen molar-refractivity contribution < 1.29 is 19.2 Å². The predicted molar refractivity (Wildman–Crippen MR) is 88.5 cm³/mol. The molecule has 0 radical (unpaired) electrons. The van der Waals surface area contributed by atoms with Gasteiger partial charge in [-0.1, -0.05) is 0 Å². The number of non-ortho nitro benzene ring substituents is 1. The van der Waals surface area contributed by atoms with Gasteiger partial charge >= 0.3 is 0 Å². The molecule has 0 saturated carbocycles. The largest absolute Gasteiger partial charge is 0.496 e. The lowest BCUT2D eigenvalue weighted by atomic mass is 10.0. The van der Waals surface area contributed by atoms with Gasteiger partial charge < -0.3 is 14.8 Å². The summed E-state index contributed by atoms with van der Waals surface area (Å²) in [6.45, 7) is 7.47. The molecule has 1 fully saturated rings. The van der Waals surface area contributed by atoms with Crippen LogP contribution in [0.5, 0.6) is 5.75 Å². The Morgan fingerprint density at radius 2 is 2.08 bits per heavy atom. The molecule has 8 heteroatoms. The second kappa shape index (κ2) is 7.59. The maximum absolute atomic E-state index is 12.5. The molecule has 132 valence electrons. The Balaban J connectivity index is 2.08. The summed E-state index contributed by atoms with van der Waals surface area (Å²) in [6.07, 6.45) is 0. The van der Waals surface area contributed by atoms with Crippen LogP contribution in [0.2, 0.25) is 0 Å². The molecule has 0 bridgehead atoms. The molecule has 0 aliphatic carbocycles. The molecule has 2 rings (SSSR count). The third-order valence-corrected chi connectivity index (χ3v) is 4.19. The smallest absolute Gasteiger partial charge is 0.270 e. The van der Waals surface area contributed by atoms with Gasteiger partial charge in [-0.05, 0) is 19.9 Å². The van der Waals surface area contributed by atoms with E-state index in [2.05, 4.69) is 10.2 Å². The number of amides is 1. The van der Waals surface area contributed by atoms with E-state index in [1.807, 2.05) is 13.8 Å². The highest BCUT2D eigenvalue weighted by Crippen LogP contribution is 2.24. The fourth-order valence-electron chi connectivity index (χ4n) is 2.66. The minimum Gasteiger partial charge on any atom is -0.496 e. The molecule has 1 N–H and O–H groups in total. The van der Waals surface area contributed by atoms with Gasteiger partial charge in [-0.2, -0.15) is 0 Å². The topological polar surface area (TPSA) is 93.9 Å². The van der Waals surface area contributed by atoms with E-state index in [9.17, 15) is 14.9 Å². The number of nitrogens with zero attached hydrogens (tertiary/aromatic N) is 2. The maximum Gasteiger partial charge on any atom is 0.270 e.